The van der Waals surface area contributed by atoms with Gasteiger partial charge in [0.25, 0.3) is 0 Å². The first kappa shape index (κ1) is 18.9. The Morgan fingerprint density at radius 1 is 1.15 bits per heavy atom. The summed E-state index contributed by atoms with van der Waals surface area (Å²) in [6.45, 7) is 6.49. The van der Waals surface area contributed by atoms with Gasteiger partial charge in [-0.3, -0.25) is 9.59 Å². The number of carboxylic acid groups (broad SMARTS) is 1. The van der Waals surface area contributed by atoms with E-state index in [0.717, 1.165) is 19.3 Å². The Labute approximate surface area is 122 Å². The van der Waals surface area contributed by atoms with E-state index in [4.69, 9.17) is 10.8 Å². The third kappa shape index (κ3) is 6.89. The monoisotopic (exact) mass is 286 g/mol. The fourth-order valence-corrected chi connectivity index (χ4v) is 2.31. The van der Waals surface area contributed by atoms with Gasteiger partial charge >= 0.3 is 5.97 Å². The SMILES string of the molecule is CCCC(CCNC(=O)C(N)(CC)CC)CCC(=O)O. The number of hydrogen-bond donors (Lipinski definition) is 3. The Morgan fingerprint density at radius 2 is 1.75 bits per heavy atom. The van der Waals surface area contributed by atoms with Crippen LogP contribution in [0.1, 0.15) is 65.7 Å². The molecule has 0 saturated heterocycles. The van der Waals surface area contributed by atoms with E-state index in [-0.39, 0.29) is 12.3 Å². The zero-order chi connectivity index (χ0) is 15.6. The van der Waals surface area contributed by atoms with Crippen molar-refractivity contribution >= 4 is 11.9 Å². The van der Waals surface area contributed by atoms with Crippen molar-refractivity contribution in [3.63, 3.8) is 0 Å². The maximum absolute atomic E-state index is 12.0. The Balaban J connectivity index is 4.16. The summed E-state index contributed by atoms with van der Waals surface area (Å²) < 4.78 is 0. The van der Waals surface area contributed by atoms with Crippen molar-refractivity contribution in [1.29, 1.82) is 0 Å². The van der Waals surface area contributed by atoms with Gasteiger partial charge in [0.2, 0.25) is 5.91 Å². The predicted molar refractivity (Wildman–Crippen MR) is 80.4 cm³/mol. The molecule has 0 radical (unpaired) electrons. The molecule has 0 bridgehead atoms. The number of rotatable bonds is 11. The molecular formula is C15H30N2O3. The molecular weight excluding hydrogens is 256 g/mol. The van der Waals surface area contributed by atoms with Crippen LogP contribution in [0.4, 0.5) is 0 Å². The molecule has 1 unspecified atom stereocenters. The van der Waals surface area contributed by atoms with Gasteiger partial charge in [-0.25, -0.2) is 0 Å². The highest BCUT2D eigenvalue weighted by Gasteiger charge is 2.29. The molecule has 20 heavy (non-hydrogen) atoms. The molecule has 0 rings (SSSR count). The van der Waals surface area contributed by atoms with Crippen molar-refractivity contribution in [2.75, 3.05) is 6.54 Å². The quantitative estimate of drug-likeness (QED) is 0.543. The molecule has 5 nitrogen and oxygen atoms in total. The van der Waals surface area contributed by atoms with E-state index in [9.17, 15) is 9.59 Å². The van der Waals surface area contributed by atoms with Crippen LogP contribution in [0.3, 0.4) is 0 Å². The molecule has 0 spiro atoms. The van der Waals surface area contributed by atoms with Crippen LogP contribution in [0.15, 0.2) is 0 Å². The van der Waals surface area contributed by atoms with Crippen molar-refractivity contribution in [2.45, 2.75) is 71.3 Å². The summed E-state index contributed by atoms with van der Waals surface area (Å²) in [6.07, 6.45) is 4.95. The highest BCUT2D eigenvalue weighted by molar-refractivity contribution is 5.85. The molecule has 0 aliphatic heterocycles. The molecule has 118 valence electrons. The van der Waals surface area contributed by atoms with Crippen molar-refractivity contribution < 1.29 is 14.7 Å². The largest absolute Gasteiger partial charge is 0.481 e. The molecule has 0 saturated carbocycles. The number of carboxylic acids is 1. The van der Waals surface area contributed by atoms with E-state index in [1.54, 1.807) is 0 Å². The first-order chi connectivity index (χ1) is 9.39. The molecule has 0 heterocycles. The Morgan fingerprint density at radius 3 is 2.20 bits per heavy atom. The predicted octanol–water partition coefficient (Wildman–Crippen LogP) is 2.29. The van der Waals surface area contributed by atoms with Crippen LogP contribution in [0, 0.1) is 5.92 Å². The first-order valence-corrected chi connectivity index (χ1v) is 7.68. The van der Waals surface area contributed by atoms with Gasteiger partial charge in [-0.2, -0.15) is 0 Å². The molecule has 0 aliphatic carbocycles. The number of hydrogen-bond acceptors (Lipinski definition) is 3. The maximum atomic E-state index is 12.0. The molecule has 0 aromatic carbocycles. The second-order valence-corrected chi connectivity index (χ2v) is 5.49. The van der Waals surface area contributed by atoms with Crippen LogP contribution in [0.5, 0.6) is 0 Å². The first-order valence-electron chi connectivity index (χ1n) is 7.68. The highest BCUT2D eigenvalue weighted by Crippen LogP contribution is 2.17. The van der Waals surface area contributed by atoms with Crippen molar-refractivity contribution in [3.8, 4) is 0 Å². The van der Waals surface area contributed by atoms with Gasteiger partial charge in [-0.15, -0.1) is 0 Å². The summed E-state index contributed by atoms with van der Waals surface area (Å²) in [7, 11) is 0. The molecule has 0 fully saturated rings. The number of carbonyl (C=O) groups is 2. The van der Waals surface area contributed by atoms with Gasteiger partial charge in [0.05, 0.1) is 5.54 Å². The van der Waals surface area contributed by atoms with Gasteiger partial charge in [0.15, 0.2) is 0 Å². The lowest BCUT2D eigenvalue weighted by molar-refractivity contribution is -0.137. The summed E-state index contributed by atoms with van der Waals surface area (Å²) in [5.41, 5.74) is 5.25. The minimum absolute atomic E-state index is 0.101. The van der Waals surface area contributed by atoms with Crippen molar-refractivity contribution in [2.24, 2.45) is 11.7 Å². The molecule has 0 aromatic heterocycles. The van der Waals surface area contributed by atoms with E-state index in [1.165, 1.54) is 0 Å². The van der Waals surface area contributed by atoms with E-state index in [0.29, 0.717) is 31.7 Å². The third-order valence-corrected chi connectivity index (χ3v) is 4.02. The van der Waals surface area contributed by atoms with Crippen LogP contribution in [0.25, 0.3) is 0 Å². The summed E-state index contributed by atoms with van der Waals surface area (Å²) >= 11 is 0. The van der Waals surface area contributed by atoms with Crippen molar-refractivity contribution in [1.82, 2.24) is 5.32 Å². The molecule has 1 amide bonds. The lowest BCUT2D eigenvalue weighted by atomic mass is 9.92. The lowest BCUT2D eigenvalue weighted by Crippen LogP contribution is -2.53. The Hall–Kier alpha value is -1.10. The lowest BCUT2D eigenvalue weighted by Gasteiger charge is -2.25. The summed E-state index contributed by atoms with van der Waals surface area (Å²) in [6, 6.07) is 0. The molecule has 1 atom stereocenters. The average molecular weight is 286 g/mol. The number of aliphatic carboxylic acids is 1. The van der Waals surface area contributed by atoms with Gasteiger partial charge < -0.3 is 16.2 Å². The van der Waals surface area contributed by atoms with Gasteiger partial charge in [0.1, 0.15) is 0 Å². The average Bonchev–Trinajstić information content (AvgIpc) is 2.43. The second-order valence-electron chi connectivity index (χ2n) is 5.49. The summed E-state index contributed by atoms with van der Waals surface area (Å²) in [5, 5.41) is 11.6. The van der Waals surface area contributed by atoms with Crippen LogP contribution in [-0.4, -0.2) is 29.1 Å². The van der Waals surface area contributed by atoms with Crippen LogP contribution >= 0.6 is 0 Å². The zero-order valence-corrected chi connectivity index (χ0v) is 13.1. The smallest absolute Gasteiger partial charge is 0.303 e. The summed E-state index contributed by atoms with van der Waals surface area (Å²) in [4.78, 5) is 22.6. The van der Waals surface area contributed by atoms with E-state index >= 15 is 0 Å². The van der Waals surface area contributed by atoms with Crippen LogP contribution < -0.4 is 11.1 Å². The number of amides is 1. The van der Waals surface area contributed by atoms with Crippen LogP contribution in [0.2, 0.25) is 0 Å². The van der Waals surface area contributed by atoms with Crippen molar-refractivity contribution in [3.05, 3.63) is 0 Å². The fourth-order valence-electron chi connectivity index (χ4n) is 2.31. The number of carbonyl (C=O) groups excluding carboxylic acids is 1. The standard InChI is InChI=1S/C15H30N2O3/c1-4-7-12(8-9-13(18)19)10-11-17-14(20)15(16,5-2)6-3/h12H,4-11,16H2,1-3H3,(H,17,20)(H,18,19). The highest BCUT2D eigenvalue weighted by atomic mass is 16.4. The molecule has 4 N–H and O–H groups in total. The minimum Gasteiger partial charge on any atom is -0.481 e. The maximum Gasteiger partial charge on any atom is 0.303 e. The second kappa shape index (κ2) is 9.75. The molecule has 5 heteroatoms. The van der Waals surface area contributed by atoms with Gasteiger partial charge in [-0.1, -0.05) is 33.6 Å². The molecule has 0 aromatic rings. The van der Waals surface area contributed by atoms with Crippen LogP contribution in [-0.2, 0) is 9.59 Å². The topological polar surface area (TPSA) is 92.4 Å². The normalized spacial score (nSPS) is 13.0. The number of nitrogens with one attached hydrogen (secondary N) is 1. The fraction of sp³-hybridized carbons (Fsp3) is 0.867. The van der Waals surface area contributed by atoms with Gasteiger partial charge in [-0.05, 0) is 31.6 Å². The minimum atomic E-state index is -0.776. The van der Waals surface area contributed by atoms with E-state index in [2.05, 4.69) is 12.2 Å². The molecule has 0 aliphatic rings. The third-order valence-electron chi connectivity index (χ3n) is 4.02. The van der Waals surface area contributed by atoms with E-state index < -0.39 is 11.5 Å². The number of nitrogens with two attached hydrogens (primary N) is 1. The van der Waals surface area contributed by atoms with Gasteiger partial charge in [0, 0.05) is 13.0 Å². The van der Waals surface area contributed by atoms with E-state index in [1.807, 2.05) is 13.8 Å². The Bertz CT molecular complexity index is 301. The summed E-state index contributed by atoms with van der Waals surface area (Å²) in [5.74, 6) is -0.504. The zero-order valence-electron chi connectivity index (χ0n) is 13.1. The Kier molecular flexibility index (Phi) is 9.21.